The molecule has 1 amide bonds. The number of carbonyl (C=O) groups is 1. The van der Waals surface area contributed by atoms with Crippen LogP contribution < -0.4 is 10.6 Å². The number of nitrogens with one attached hydrogen (secondary N) is 2. The van der Waals surface area contributed by atoms with Gasteiger partial charge in [-0.1, -0.05) is 46.6 Å². The predicted molar refractivity (Wildman–Crippen MR) is 103 cm³/mol. The van der Waals surface area contributed by atoms with E-state index in [4.69, 9.17) is 0 Å². The summed E-state index contributed by atoms with van der Waals surface area (Å²) in [5.41, 5.74) is 2.49. The summed E-state index contributed by atoms with van der Waals surface area (Å²) in [5, 5.41) is 14.6. The molecule has 0 atom stereocenters. The number of aromatic nitrogens is 3. The van der Waals surface area contributed by atoms with Crippen LogP contribution in [0.3, 0.4) is 0 Å². The third-order valence-electron chi connectivity index (χ3n) is 4.18. The quantitative estimate of drug-likeness (QED) is 0.710. The lowest BCUT2D eigenvalue weighted by atomic mass is 10.0. The Hall–Kier alpha value is -1.44. The molecule has 0 radical (unpaired) electrons. The normalized spacial score (nSPS) is 13.8. The summed E-state index contributed by atoms with van der Waals surface area (Å²) >= 11 is 3.49. The fourth-order valence-electron chi connectivity index (χ4n) is 2.74. The molecule has 0 aliphatic carbocycles. The Kier molecular flexibility index (Phi) is 7.40. The van der Waals surface area contributed by atoms with Gasteiger partial charge in [-0.3, -0.25) is 4.79 Å². The first kappa shape index (κ1) is 19.9. The molecule has 1 aromatic carbocycles. The molecule has 1 saturated heterocycles. The highest BCUT2D eigenvalue weighted by molar-refractivity contribution is 9.10. The number of hydrogen-bond donors (Lipinski definition) is 2. The van der Waals surface area contributed by atoms with Crippen LogP contribution in [-0.4, -0.2) is 40.5 Å². The summed E-state index contributed by atoms with van der Waals surface area (Å²) < 4.78 is 2.87. The van der Waals surface area contributed by atoms with Crippen molar-refractivity contribution in [1.82, 2.24) is 25.6 Å². The van der Waals surface area contributed by atoms with Gasteiger partial charge in [0.2, 0.25) is 0 Å². The van der Waals surface area contributed by atoms with E-state index >= 15 is 0 Å². The molecule has 0 unspecified atom stereocenters. The second-order valence-electron chi connectivity index (χ2n) is 6.16. The van der Waals surface area contributed by atoms with E-state index in [1.54, 1.807) is 0 Å². The van der Waals surface area contributed by atoms with Crippen LogP contribution in [0.4, 0.5) is 0 Å². The Balaban J connectivity index is 0.00000225. The molecule has 1 aliphatic heterocycles. The van der Waals surface area contributed by atoms with Crippen molar-refractivity contribution in [2.75, 3.05) is 19.6 Å². The first-order valence-electron chi connectivity index (χ1n) is 8.33. The average Bonchev–Trinajstić information content (AvgIpc) is 2.89. The predicted octanol–water partition coefficient (Wildman–Crippen LogP) is 2.41. The van der Waals surface area contributed by atoms with Gasteiger partial charge in [-0.2, -0.15) is 0 Å². The van der Waals surface area contributed by atoms with E-state index in [1.807, 2.05) is 22.9 Å². The Morgan fingerprint density at radius 1 is 1.44 bits per heavy atom. The highest BCUT2D eigenvalue weighted by Crippen LogP contribution is 2.15. The molecule has 25 heavy (non-hydrogen) atoms. The largest absolute Gasteiger partial charge is 0.350 e. The van der Waals surface area contributed by atoms with Gasteiger partial charge in [-0.05, 0) is 24.1 Å². The fourth-order valence-corrected chi connectivity index (χ4v) is 3.19. The zero-order chi connectivity index (χ0) is 16.9. The molecule has 0 spiro atoms. The number of halogens is 2. The molecular formula is C17H23BrClN5O. The van der Waals surface area contributed by atoms with E-state index in [1.165, 1.54) is 0 Å². The van der Waals surface area contributed by atoms with Crippen molar-refractivity contribution in [1.29, 1.82) is 0 Å². The molecule has 2 aromatic rings. The summed E-state index contributed by atoms with van der Waals surface area (Å²) in [4.78, 5) is 12.4. The first-order valence-corrected chi connectivity index (χ1v) is 9.12. The van der Waals surface area contributed by atoms with Gasteiger partial charge in [0.15, 0.2) is 5.69 Å². The van der Waals surface area contributed by atoms with Gasteiger partial charge >= 0.3 is 0 Å². The lowest BCUT2D eigenvalue weighted by molar-refractivity contribution is 0.0936. The average molecular weight is 429 g/mol. The Labute approximate surface area is 162 Å². The van der Waals surface area contributed by atoms with Crippen molar-refractivity contribution < 1.29 is 4.79 Å². The van der Waals surface area contributed by atoms with E-state index in [0.29, 0.717) is 24.7 Å². The second kappa shape index (κ2) is 9.31. The Morgan fingerprint density at radius 2 is 2.24 bits per heavy atom. The third-order valence-corrected chi connectivity index (χ3v) is 4.67. The summed E-state index contributed by atoms with van der Waals surface area (Å²) in [6.45, 7) is 5.34. The maximum Gasteiger partial charge on any atom is 0.273 e. The van der Waals surface area contributed by atoms with Crippen molar-refractivity contribution in [3.8, 4) is 0 Å². The van der Waals surface area contributed by atoms with Crippen LogP contribution in [0.1, 0.15) is 35.1 Å². The molecule has 6 nitrogen and oxygen atoms in total. The standard InChI is InChI=1S/C17H22BrN5O.ClH/c1-2-4-15-16(17(24)20-10-13-8-19-9-13)21-22-23(15)11-12-5-3-6-14(18)7-12;/h3,5-7,13,19H,2,4,8-11H2,1H3,(H,20,24);1H. The van der Waals surface area contributed by atoms with Crippen molar-refractivity contribution in [2.24, 2.45) is 5.92 Å². The topological polar surface area (TPSA) is 71.8 Å². The molecule has 1 aromatic heterocycles. The zero-order valence-corrected chi connectivity index (χ0v) is 16.6. The van der Waals surface area contributed by atoms with E-state index in [-0.39, 0.29) is 18.3 Å². The zero-order valence-electron chi connectivity index (χ0n) is 14.2. The van der Waals surface area contributed by atoms with Crippen LogP contribution in [0, 0.1) is 5.92 Å². The minimum atomic E-state index is -0.120. The summed E-state index contributed by atoms with van der Waals surface area (Å²) in [5.74, 6) is 0.408. The number of nitrogens with zero attached hydrogens (tertiary/aromatic N) is 3. The molecule has 1 fully saturated rings. The summed E-state index contributed by atoms with van der Waals surface area (Å²) in [7, 11) is 0. The van der Waals surface area contributed by atoms with Crippen molar-refractivity contribution in [3.63, 3.8) is 0 Å². The van der Waals surface area contributed by atoms with Gasteiger partial charge < -0.3 is 10.6 Å². The lowest BCUT2D eigenvalue weighted by Gasteiger charge is -2.26. The molecule has 0 saturated carbocycles. The van der Waals surface area contributed by atoms with Crippen LogP contribution in [0.2, 0.25) is 0 Å². The molecule has 2 heterocycles. The minimum absolute atomic E-state index is 0. The fraction of sp³-hybridized carbons (Fsp3) is 0.471. The van der Waals surface area contributed by atoms with Crippen molar-refractivity contribution >= 4 is 34.2 Å². The number of benzene rings is 1. The third kappa shape index (κ3) is 5.03. The molecule has 0 bridgehead atoms. The second-order valence-corrected chi connectivity index (χ2v) is 7.07. The monoisotopic (exact) mass is 427 g/mol. The highest BCUT2D eigenvalue weighted by Gasteiger charge is 2.22. The van der Waals surface area contributed by atoms with Gasteiger partial charge in [0.25, 0.3) is 5.91 Å². The van der Waals surface area contributed by atoms with E-state index in [9.17, 15) is 4.79 Å². The Bertz CT molecular complexity index is 717. The smallest absolute Gasteiger partial charge is 0.273 e. The number of hydrogen-bond acceptors (Lipinski definition) is 4. The van der Waals surface area contributed by atoms with Gasteiger partial charge in [0.05, 0.1) is 12.2 Å². The summed E-state index contributed by atoms with van der Waals surface area (Å²) in [6.07, 6.45) is 1.73. The van der Waals surface area contributed by atoms with Gasteiger partial charge in [0, 0.05) is 30.0 Å². The minimum Gasteiger partial charge on any atom is -0.350 e. The number of carbonyl (C=O) groups excluding carboxylic acids is 1. The highest BCUT2D eigenvalue weighted by atomic mass is 79.9. The van der Waals surface area contributed by atoms with Crippen LogP contribution in [-0.2, 0) is 13.0 Å². The molecular weight excluding hydrogens is 406 g/mol. The van der Waals surface area contributed by atoms with Crippen LogP contribution in [0.5, 0.6) is 0 Å². The van der Waals surface area contributed by atoms with Gasteiger partial charge in [0.1, 0.15) is 0 Å². The van der Waals surface area contributed by atoms with Crippen molar-refractivity contribution in [3.05, 3.63) is 45.7 Å². The molecule has 3 rings (SSSR count). The molecule has 136 valence electrons. The number of rotatable bonds is 7. The maximum atomic E-state index is 12.4. The lowest BCUT2D eigenvalue weighted by Crippen LogP contribution is -2.48. The van der Waals surface area contributed by atoms with Crippen molar-refractivity contribution in [2.45, 2.75) is 26.3 Å². The molecule has 2 N–H and O–H groups in total. The van der Waals surface area contributed by atoms with E-state index in [2.05, 4.69) is 49.9 Å². The van der Waals surface area contributed by atoms with Crippen LogP contribution in [0.25, 0.3) is 0 Å². The molecule has 8 heteroatoms. The van der Waals surface area contributed by atoms with E-state index in [0.717, 1.165) is 41.7 Å². The van der Waals surface area contributed by atoms with Gasteiger partial charge in [-0.15, -0.1) is 17.5 Å². The molecule has 1 aliphatic rings. The Morgan fingerprint density at radius 3 is 2.88 bits per heavy atom. The van der Waals surface area contributed by atoms with Crippen LogP contribution in [0.15, 0.2) is 28.7 Å². The first-order chi connectivity index (χ1) is 11.7. The maximum absolute atomic E-state index is 12.4. The summed E-state index contributed by atoms with van der Waals surface area (Å²) in [6, 6.07) is 8.09. The van der Waals surface area contributed by atoms with Gasteiger partial charge in [-0.25, -0.2) is 4.68 Å². The van der Waals surface area contributed by atoms with Crippen LogP contribution >= 0.6 is 28.3 Å². The number of amides is 1. The van der Waals surface area contributed by atoms with E-state index < -0.39 is 0 Å². The SMILES string of the molecule is CCCc1c(C(=O)NCC2CNC2)nnn1Cc1cccc(Br)c1.Cl.